The normalized spacial score (nSPS) is 17.6. The minimum absolute atomic E-state index is 0.948. The maximum absolute atomic E-state index is 5.17. The Morgan fingerprint density at radius 1 is 1.78 bits per heavy atom. The van der Waals surface area contributed by atoms with E-state index in [0.717, 1.165) is 12.2 Å². The highest BCUT2D eigenvalue weighted by molar-refractivity contribution is 5.19. The Morgan fingerprint density at radius 2 is 2.56 bits per heavy atom. The molecule has 0 aromatic carbocycles. The molecule has 0 aromatic rings. The van der Waals surface area contributed by atoms with Gasteiger partial charge in [-0.1, -0.05) is 6.08 Å². The fourth-order valence-corrected chi connectivity index (χ4v) is 0.764. The van der Waals surface area contributed by atoms with Crippen LogP contribution in [0.2, 0.25) is 0 Å². The van der Waals surface area contributed by atoms with Gasteiger partial charge in [0.1, 0.15) is 0 Å². The quantitative estimate of drug-likeness (QED) is 0.376. The monoisotopic (exact) mass is 125 g/mol. The van der Waals surface area contributed by atoms with E-state index < -0.39 is 0 Å². The number of rotatable bonds is 1. The first-order valence-corrected chi connectivity index (χ1v) is 2.88. The van der Waals surface area contributed by atoms with Crippen LogP contribution in [0.3, 0.4) is 0 Å². The van der Waals surface area contributed by atoms with Crippen molar-refractivity contribution in [1.82, 2.24) is 10.3 Å². The molecule has 0 fully saturated rings. The van der Waals surface area contributed by atoms with E-state index in [1.165, 1.54) is 0 Å². The SMILES string of the molecule is CN1C=C(NN)C=CC1. The van der Waals surface area contributed by atoms with Crippen molar-refractivity contribution in [3.05, 3.63) is 24.0 Å². The molecular formula is C6H11N3. The molecule has 1 heterocycles. The lowest BCUT2D eigenvalue weighted by Crippen LogP contribution is -2.25. The van der Waals surface area contributed by atoms with Gasteiger partial charge in [-0.2, -0.15) is 0 Å². The second kappa shape index (κ2) is 2.55. The van der Waals surface area contributed by atoms with Crippen molar-refractivity contribution < 1.29 is 0 Å². The molecule has 3 nitrogen and oxygen atoms in total. The van der Waals surface area contributed by atoms with Gasteiger partial charge < -0.3 is 10.3 Å². The van der Waals surface area contributed by atoms with Crippen LogP contribution in [-0.4, -0.2) is 18.5 Å². The van der Waals surface area contributed by atoms with E-state index in [1.807, 2.05) is 19.3 Å². The molecular weight excluding hydrogens is 114 g/mol. The third-order valence-electron chi connectivity index (χ3n) is 1.22. The molecule has 9 heavy (non-hydrogen) atoms. The van der Waals surface area contributed by atoms with Gasteiger partial charge in [-0.15, -0.1) is 0 Å². The summed E-state index contributed by atoms with van der Waals surface area (Å²) in [6, 6.07) is 0. The Kier molecular flexibility index (Phi) is 1.75. The summed E-state index contributed by atoms with van der Waals surface area (Å²) in [5, 5.41) is 0. The number of hydrogen-bond donors (Lipinski definition) is 2. The van der Waals surface area contributed by atoms with Crippen LogP contribution in [0.4, 0.5) is 0 Å². The van der Waals surface area contributed by atoms with Crippen molar-refractivity contribution in [1.29, 1.82) is 0 Å². The molecule has 0 unspecified atom stereocenters. The second-order valence-corrected chi connectivity index (χ2v) is 2.07. The standard InChI is InChI=1S/C6H11N3/c1-9-4-2-3-6(5-9)8-7/h2-3,5,8H,4,7H2,1H3. The molecule has 0 amide bonds. The van der Waals surface area contributed by atoms with Crippen molar-refractivity contribution >= 4 is 0 Å². The van der Waals surface area contributed by atoms with Crippen molar-refractivity contribution in [2.45, 2.75) is 0 Å². The second-order valence-electron chi connectivity index (χ2n) is 2.07. The number of hydrazine groups is 1. The molecule has 1 rings (SSSR count). The number of nitrogens with one attached hydrogen (secondary N) is 1. The predicted octanol–water partition coefficient (Wildman–Crippen LogP) is -0.207. The van der Waals surface area contributed by atoms with Crippen LogP contribution >= 0.6 is 0 Å². The van der Waals surface area contributed by atoms with Crippen LogP contribution < -0.4 is 11.3 Å². The van der Waals surface area contributed by atoms with Gasteiger partial charge in [0, 0.05) is 19.8 Å². The van der Waals surface area contributed by atoms with Gasteiger partial charge in [0.05, 0.1) is 5.70 Å². The van der Waals surface area contributed by atoms with Gasteiger partial charge in [0.25, 0.3) is 0 Å². The van der Waals surface area contributed by atoms with Crippen LogP contribution in [0.25, 0.3) is 0 Å². The van der Waals surface area contributed by atoms with Crippen molar-refractivity contribution in [2.75, 3.05) is 13.6 Å². The minimum Gasteiger partial charge on any atom is -0.375 e. The molecule has 0 saturated heterocycles. The Labute approximate surface area is 54.8 Å². The molecule has 0 radical (unpaired) electrons. The summed E-state index contributed by atoms with van der Waals surface area (Å²) in [5.74, 6) is 5.17. The first kappa shape index (κ1) is 6.16. The summed E-state index contributed by atoms with van der Waals surface area (Å²) in [7, 11) is 2.00. The molecule has 50 valence electrons. The Bertz CT molecular complexity index is 148. The van der Waals surface area contributed by atoms with E-state index in [1.54, 1.807) is 0 Å². The Morgan fingerprint density at radius 3 is 3.00 bits per heavy atom. The zero-order valence-corrected chi connectivity index (χ0v) is 5.46. The Hall–Kier alpha value is -0.960. The molecule has 0 bridgehead atoms. The molecule has 3 N–H and O–H groups in total. The maximum atomic E-state index is 5.17. The molecule has 0 spiro atoms. The number of nitrogens with zero attached hydrogens (tertiary/aromatic N) is 1. The fourth-order valence-electron chi connectivity index (χ4n) is 0.764. The molecule has 1 aliphatic heterocycles. The summed E-state index contributed by atoms with van der Waals surface area (Å²) >= 11 is 0. The highest BCUT2D eigenvalue weighted by Crippen LogP contribution is 1.99. The van der Waals surface area contributed by atoms with Crippen LogP contribution in [0, 0.1) is 0 Å². The van der Waals surface area contributed by atoms with Crippen LogP contribution in [-0.2, 0) is 0 Å². The topological polar surface area (TPSA) is 41.3 Å². The van der Waals surface area contributed by atoms with Crippen molar-refractivity contribution in [2.24, 2.45) is 5.84 Å². The van der Waals surface area contributed by atoms with E-state index in [9.17, 15) is 0 Å². The third kappa shape index (κ3) is 1.47. The Balaban J connectivity index is 2.59. The van der Waals surface area contributed by atoms with E-state index >= 15 is 0 Å². The zero-order chi connectivity index (χ0) is 6.69. The lowest BCUT2D eigenvalue weighted by molar-refractivity contribution is 0.494. The van der Waals surface area contributed by atoms with Gasteiger partial charge in [0.2, 0.25) is 0 Å². The summed E-state index contributed by atoms with van der Waals surface area (Å²) < 4.78 is 0. The molecule has 0 aromatic heterocycles. The lowest BCUT2D eigenvalue weighted by Gasteiger charge is -2.16. The summed E-state index contributed by atoms with van der Waals surface area (Å²) in [6.07, 6.45) is 5.97. The minimum atomic E-state index is 0.948. The van der Waals surface area contributed by atoms with E-state index in [4.69, 9.17) is 5.84 Å². The third-order valence-corrected chi connectivity index (χ3v) is 1.22. The van der Waals surface area contributed by atoms with Gasteiger partial charge in [0.15, 0.2) is 0 Å². The lowest BCUT2D eigenvalue weighted by atomic mass is 10.3. The van der Waals surface area contributed by atoms with Crippen molar-refractivity contribution in [3.8, 4) is 0 Å². The summed E-state index contributed by atoms with van der Waals surface area (Å²) in [4.78, 5) is 2.05. The maximum Gasteiger partial charge on any atom is 0.0641 e. The number of likely N-dealkylation sites (N-methyl/N-ethyl adjacent to an activating group) is 1. The van der Waals surface area contributed by atoms with Crippen LogP contribution in [0.15, 0.2) is 24.0 Å². The molecule has 0 aliphatic carbocycles. The first-order valence-electron chi connectivity index (χ1n) is 2.88. The highest BCUT2D eigenvalue weighted by atomic mass is 15.2. The summed E-state index contributed by atoms with van der Waals surface area (Å²) in [6.45, 7) is 0.963. The van der Waals surface area contributed by atoms with E-state index in [2.05, 4.69) is 16.4 Å². The van der Waals surface area contributed by atoms with E-state index in [0.29, 0.717) is 0 Å². The fraction of sp³-hybridized carbons (Fsp3) is 0.333. The molecule has 3 heteroatoms. The highest BCUT2D eigenvalue weighted by Gasteiger charge is 1.96. The largest absolute Gasteiger partial charge is 0.375 e. The first-order chi connectivity index (χ1) is 4.33. The number of hydrogen-bond acceptors (Lipinski definition) is 3. The van der Waals surface area contributed by atoms with Gasteiger partial charge in [-0.3, -0.25) is 5.84 Å². The smallest absolute Gasteiger partial charge is 0.0641 e. The number of nitrogens with two attached hydrogens (primary N) is 1. The molecule has 0 atom stereocenters. The van der Waals surface area contributed by atoms with Crippen LogP contribution in [0.1, 0.15) is 0 Å². The molecule has 1 aliphatic rings. The molecule has 0 saturated carbocycles. The van der Waals surface area contributed by atoms with Gasteiger partial charge in [-0.25, -0.2) is 0 Å². The predicted molar refractivity (Wildman–Crippen MR) is 37.2 cm³/mol. The van der Waals surface area contributed by atoms with E-state index in [-0.39, 0.29) is 0 Å². The van der Waals surface area contributed by atoms with Crippen molar-refractivity contribution in [3.63, 3.8) is 0 Å². The average Bonchev–Trinajstić information content (AvgIpc) is 1.88. The van der Waals surface area contributed by atoms with Crippen LogP contribution in [0.5, 0.6) is 0 Å². The summed E-state index contributed by atoms with van der Waals surface area (Å²) in [5.41, 5.74) is 3.51. The average molecular weight is 125 g/mol. The zero-order valence-electron chi connectivity index (χ0n) is 5.46. The number of allylic oxidation sites excluding steroid dienone is 1. The van der Waals surface area contributed by atoms with Gasteiger partial charge in [-0.05, 0) is 6.08 Å². The van der Waals surface area contributed by atoms with Gasteiger partial charge >= 0.3 is 0 Å².